The van der Waals surface area contributed by atoms with E-state index in [1.165, 1.54) is 17.8 Å². The number of rotatable bonds is 8. The van der Waals surface area contributed by atoms with Gasteiger partial charge in [0, 0.05) is 36.8 Å². The number of amides is 2. The minimum atomic E-state index is -0.426. The van der Waals surface area contributed by atoms with Crippen LogP contribution in [0.4, 0.5) is 11.5 Å². The fourth-order valence-electron chi connectivity index (χ4n) is 3.68. The number of aromatic nitrogens is 1. The summed E-state index contributed by atoms with van der Waals surface area (Å²) in [5.74, 6) is 1.30. The highest BCUT2D eigenvalue weighted by atomic mass is 32.2. The maximum atomic E-state index is 13.0. The molecule has 0 unspecified atom stereocenters. The molecule has 33 heavy (non-hydrogen) atoms. The van der Waals surface area contributed by atoms with E-state index in [1.807, 2.05) is 19.1 Å². The molecule has 1 saturated heterocycles. The van der Waals surface area contributed by atoms with Crippen LogP contribution in [0.25, 0.3) is 0 Å². The van der Waals surface area contributed by atoms with Gasteiger partial charge >= 0.3 is 0 Å². The summed E-state index contributed by atoms with van der Waals surface area (Å²) < 4.78 is 0. The number of hydrogen-bond donors (Lipinski definition) is 1. The Kier molecular flexibility index (Phi) is 8.43. The first-order valence-corrected chi connectivity index (χ1v) is 12.2. The molecule has 1 aromatic heterocycles. The van der Waals surface area contributed by atoms with Gasteiger partial charge in [-0.05, 0) is 67.7 Å². The van der Waals surface area contributed by atoms with Crippen LogP contribution in [0.2, 0.25) is 0 Å². The molecule has 1 aliphatic rings. The zero-order valence-corrected chi connectivity index (χ0v) is 20.1. The summed E-state index contributed by atoms with van der Waals surface area (Å²) in [5, 5.41) is 14.4. The van der Waals surface area contributed by atoms with Crippen LogP contribution < -0.4 is 5.32 Å². The molecule has 1 fully saturated rings. The molecule has 0 atom stereocenters. The smallest absolute Gasteiger partial charge is 0.283 e. The first-order valence-electron chi connectivity index (χ1n) is 11.2. The van der Waals surface area contributed by atoms with Crippen LogP contribution in [0.3, 0.4) is 0 Å². The van der Waals surface area contributed by atoms with Crippen molar-refractivity contribution in [3.63, 3.8) is 0 Å². The Balaban J connectivity index is 1.60. The van der Waals surface area contributed by atoms with E-state index in [0.29, 0.717) is 48.1 Å². The number of aryl methyl sites for hydroxylation is 1. The summed E-state index contributed by atoms with van der Waals surface area (Å²) in [4.78, 5) is 43.1. The van der Waals surface area contributed by atoms with Gasteiger partial charge in [-0.25, -0.2) is 4.98 Å². The van der Waals surface area contributed by atoms with Crippen LogP contribution in [0.5, 0.6) is 0 Å². The van der Waals surface area contributed by atoms with Crippen molar-refractivity contribution in [3.05, 3.63) is 57.8 Å². The maximum absolute atomic E-state index is 13.0. The van der Waals surface area contributed by atoms with E-state index >= 15 is 0 Å². The van der Waals surface area contributed by atoms with Crippen molar-refractivity contribution in [2.75, 3.05) is 24.2 Å². The zero-order valence-electron chi connectivity index (χ0n) is 19.2. The third kappa shape index (κ3) is 6.77. The first-order chi connectivity index (χ1) is 15.7. The molecule has 2 heterocycles. The molecule has 8 nitrogen and oxygen atoms in total. The Morgan fingerprint density at radius 1 is 1.24 bits per heavy atom. The first kappa shape index (κ1) is 24.7. The van der Waals surface area contributed by atoms with Crippen molar-refractivity contribution in [1.29, 1.82) is 0 Å². The quantitative estimate of drug-likeness (QED) is 0.333. The number of thioether (sulfide) groups is 1. The predicted molar refractivity (Wildman–Crippen MR) is 130 cm³/mol. The molecule has 1 N–H and O–H groups in total. The van der Waals surface area contributed by atoms with Gasteiger partial charge in [0.1, 0.15) is 5.82 Å². The standard InChI is InChI=1S/C24H30N4O4S/c1-16(2)9-13-33-21-5-4-19(15-20(21)28(31)32)24(30)27-11-7-18(8-12-27)23(29)26-22-14-17(3)6-10-25-22/h4-6,10,14-16,18H,7-9,11-13H2,1-3H3,(H,25,26,29). The van der Waals surface area contributed by atoms with Gasteiger partial charge < -0.3 is 10.2 Å². The Morgan fingerprint density at radius 2 is 1.97 bits per heavy atom. The predicted octanol–water partition coefficient (Wildman–Crippen LogP) is 4.93. The molecular formula is C24H30N4O4S. The summed E-state index contributed by atoms with van der Waals surface area (Å²) >= 11 is 1.45. The molecule has 0 aliphatic carbocycles. The molecule has 3 rings (SSSR count). The molecule has 176 valence electrons. The third-order valence-electron chi connectivity index (χ3n) is 5.68. The maximum Gasteiger partial charge on any atom is 0.283 e. The van der Waals surface area contributed by atoms with Gasteiger partial charge in [-0.3, -0.25) is 19.7 Å². The molecular weight excluding hydrogens is 440 g/mol. The van der Waals surface area contributed by atoms with Crippen LogP contribution in [-0.2, 0) is 4.79 Å². The van der Waals surface area contributed by atoms with E-state index in [2.05, 4.69) is 24.1 Å². The van der Waals surface area contributed by atoms with E-state index in [-0.39, 0.29) is 23.4 Å². The normalized spacial score (nSPS) is 14.4. The highest BCUT2D eigenvalue weighted by Gasteiger charge is 2.29. The van der Waals surface area contributed by atoms with Gasteiger partial charge in [-0.15, -0.1) is 11.8 Å². The van der Waals surface area contributed by atoms with Crippen molar-refractivity contribution in [3.8, 4) is 0 Å². The topological polar surface area (TPSA) is 105 Å². The van der Waals surface area contributed by atoms with E-state index in [1.54, 1.807) is 23.2 Å². The lowest BCUT2D eigenvalue weighted by atomic mass is 9.95. The lowest BCUT2D eigenvalue weighted by Crippen LogP contribution is -2.41. The van der Waals surface area contributed by atoms with Gasteiger partial charge in [0.25, 0.3) is 11.6 Å². The molecule has 0 bridgehead atoms. The number of pyridine rings is 1. The van der Waals surface area contributed by atoms with Crippen molar-refractivity contribution in [2.45, 2.75) is 44.9 Å². The van der Waals surface area contributed by atoms with Gasteiger partial charge in [-0.1, -0.05) is 13.8 Å². The molecule has 0 radical (unpaired) electrons. The van der Waals surface area contributed by atoms with Crippen molar-refractivity contribution in [2.24, 2.45) is 11.8 Å². The summed E-state index contributed by atoms with van der Waals surface area (Å²) in [6, 6.07) is 8.39. The van der Waals surface area contributed by atoms with Crippen LogP contribution in [0, 0.1) is 28.9 Å². The fraction of sp³-hybridized carbons (Fsp3) is 0.458. The summed E-state index contributed by atoms with van der Waals surface area (Å²) in [7, 11) is 0. The van der Waals surface area contributed by atoms with Crippen LogP contribution in [-0.4, -0.2) is 45.5 Å². The highest BCUT2D eigenvalue weighted by molar-refractivity contribution is 7.99. The van der Waals surface area contributed by atoms with E-state index in [0.717, 1.165) is 17.7 Å². The summed E-state index contributed by atoms with van der Waals surface area (Å²) in [5.41, 5.74) is 1.29. The number of likely N-dealkylation sites (tertiary alicyclic amines) is 1. The number of piperidine rings is 1. The monoisotopic (exact) mass is 470 g/mol. The van der Waals surface area contributed by atoms with Crippen molar-refractivity contribution in [1.82, 2.24) is 9.88 Å². The third-order valence-corrected chi connectivity index (χ3v) is 6.77. The summed E-state index contributed by atoms with van der Waals surface area (Å²) in [6.45, 7) is 7.02. The Bertz CT molecular complexity index is 1020. The van der Waals surface area contributed by atoms with E-state index < -0.39 is 4.92 Å². The Labute approximate surface area is 198 Å². The number of carbonyl (C=O) groups excluding carboxylic acids is 2. The lowest BCUT2D eigenvalue weighted by Gasteiger charge is -2.31. The molecule has 0 spiro atoms. The van der Waals surface area contributed by atoms with E-state index in [4.69, 9.17) is 0 Å². The average molecular weight is 471 g/mol. The van der Waals surface area contributed by atoms with Gasteiger partial charge in [-0.2, -0.15) is 0 Å². The number of anilines is 1. The number of nitrogens with zero attached hydrogens (tertiary/aromatic N) is 3. The second-order valence-corrected chi connectivity index (χ2v) is 9.88. The van der Waals surface area contributed by atoms with Crippen LogP contribution in [0.15, 0.2) is 41.4 Å². The molecule has 0 saturated carbocycles. The van der Waals surface area contributed by atoms with E-state index in [9.17, 15) is 19.7 Å². The Hall–Kier alpha value is -2.94. The van der Waals surface area contributed by atoms with Crippen LogP contribution >= 0.6 is 11.8 Å². The fourth-order valence-corrected chi connectivity index (χ4v) is 4.93. The molecule has 2 aromatic rings. The minimum Gasteiger partial charge on any atom is -0.339 e. The molecule has 2 amide bonds. The van der Waals surface area contributed by atoms with Crippen molar-refractivity contribution >= 4 is 35.1 Å². The average Bonchev–Trinajstić information content (AvgIpc) is 2.78. The van der Waals surface area contributed by atoms with Gasteiger partial charge in [0.2, 0.25) is 5.91 Å². The minimum absolute atomic E-state index is 0.0328. The highest BCUT2D eigenvalue weighted by Crippen LogP contribution is 2.32. The number of carbonyl (C=O) groups is 2. The number of benzene rings is 1. The van der Waals surface area contributed by atoms with Crippen LogP contribution in [0.1, 0.15) is 49.0 Å². The largest absolute Gasteiger partial charge is 0.339 e. The summed E-state index contributed by atoms with van der Waals surface area (Å²) in [6.07, 6.45) is 3.69. The number of nitro benzene ring substituents is 1. The zero-order chi connectivity index (χ0) is 24.0. The number of nitrogens with one attached hydrogen (secondary N) is 1. The van der Waals surface area contributed by atoms with Gasteiger partial charge in [0.15, 0.2) is 0 Å². The molecule has 1 aliphatic heterocycles. The van der Waals surface area contributed by atoms with Crippen molar-refractivity contribution < 1.29 is 14.5 Å². The second kappa shape index (κ2) is 11.3. The second-order valence-electron chi connectivity index (χ2n) is 8.74. The number of nitro groups is 1. The van der Waals surface area contributed by atoms with Gasteiger partial charge in [0.05, 0.1) is 9.82 Å². The molecule has 1 aromatic carbocycles. The SMILES string of the molecule is Cc1ccnc(NC(=O)C2CCN(C(=O)c3ccc(SCCC(C)C)c([N+](=O)[O-])c3)CC2)c1. The molecule has 9 heteroatoms. The Morgan fingerprint density at radius 3 is 2.61 bits per heavy atom. The lowest BCUT2D eigenvalue weighted by molar-refractivity contribution is -0.387. The number of hydrogen-bond acceptors (Lipinski definition) is 6.